The van der Waals surface area contributed by atoms with Crippen molar-refractivity contribution in [1.82, 2.24) is 9.97 Å². The van der Waals surface area contributed by atoms with E-state index in [2.05, 4.69) is 15.3 Å². The van der Waals surface area contributed by atoms with Crippen LogP contribution in [-0.4, -0.2) is 29.2 Å². The molecule has 3 rings (SSSR count). The molecule has 0 unspecified atom stereocenters. The Bertz CT molecular complexity index is 413. The number of ether oxygens (including phenoxy) is 1. The lowest BCUT2D eigenvalue weighted by molar-refractivity contribution is 0.0903. The fourth-order valence-corrected chi connectivity index (χ4v) is 2.71. The van der Waals surface area contributed by atoms with Gasteiger partial charge in [-0.25, -0.2) is 9.97 Å². The highest BCUT2D eigenvalue weighted by Gasteiger charge is 2.21. The maximum absolute atomic E-state index is 5.38. The summed E-state index contributed by atoms with van der Waals surface area (Å²) in [4.78, 5) is 9.11. The molecule has 4 nitrogen and oxygen atoms in total. The largest absolute Gasteiger partial charge is 0.381 e. The number of hydrogen-bond donors (Lipinski definition) is 1. The highest BCUT2D eigenvalue weighted by atomic mass is 16.5. The van der Waals surface area contributed by atoms with Gasteiger partial charge in [-0.2, -0.15) is 0 Å². The summed E-state index contributed by atoms with van der Waals surface area (Å²) in [5, 5.41) is 3.59. The SMILES string of the molecule is Cc1nc2c(c(NC3CCOCC3)n1)CCC2. The van der Waals surface area contributed by atoms with Gasteiger partial charge in [0.15, 0.2) is 0 Å². The van der Waals surface area contributed by atoms with E-state index in [1.807, 2.05) is 6.92 Å². The lowest BCUT2D eigenvalue weighted by atomic mass is 10.1. The van der Waals surface area contributed by atoms with Crippen molar-refractivity contribution in [2.24, 2.45) is 0 Å². The number of anilines is 1. The zero-order valence-electron chi connectivity index (χ0n) is 10.3. The molecule has 0 atom stereocenters. The van der Waals surface area contributed by atoms with Crippen LogP contribution in [0, 0.1) is 6.92 Å². The molecule has 1 aliphatic carbocycles. The average Bonchev–Trinajstić information content (AvgIpc) is 2.78. The van der Waals surface area contributed by atoms with Crippen LogP contribution in [0.4, 0.5) is 5.82 Å². The molecule has 0 saturated carbocycles. The van der Waals surface area contributed by atoms with Gasteiger partial charge < -0.3 is 10.1 Å². The number of aryl methyl sites for hydroxylation is 2. The van der Waals surface area contributed by atoms with Crippen molar-refractivity contribution >= 4 is 5.82 Å². The van der Waals surface area contributed by atoms with Crippen molar-refractivity contribution in [3.05, 3.63) is 17.1 Å². The van der Waals surface area contributed by atoms with Gasteiger partial charge in [0.1, 0.15) is 11.6 Å². The highest BCUT2D eigenvalue weighted by molar-refractivity contribution is 5.49. The predicted octanol–water partition coefficient (Wildman–Crippen LogP) is 1.86. The third kappa shape index (κ3) is 2.27. The van der Waals surface area contributed by atoms with Crippen LogP contribution in [0.5, 0.6) is 0 Å². The van der Waals surface area contributed by atoms with Gasteiger partial charge in [0.2, 0.25) is 0 Å². The van der Waals surface area contributed by atoms with Crippen LogP contribution >= 0.6 is 0 Å². The molecule has 1 aromatic rings. The zero-order chi connectivity index (χ0) is 11.7. The summed E-state index contributed by atoms with van der Waals surface area (Å²) < 4.78 is 5.38. The molecule has 0 amide bonds. The van der Waals surface area contributed by atoms with Crippen molar-refractivity contribution in [3.8, 4) is 0 Å². The molecule has 1 fully saturated rings. The Hall–Kier alpha value is -1.16. The summed E-state index contributed by atoms with van der Waals surface area (Å²) in [5.74, 6) is 1.97. The van der Waals surface area contributed by atoms with Gasteiger partial charge >= 0.3 is 0 Å². The maximum atomic E-state index is 5.38. The van der Waals surface area contributed by atoms with E-state index in [4.69, 9.17) is 4.74 Å². The van der Waals surface area contributed by atoms with E-state index in [-0.39, 0.29) is 0 Å². The quantitative estimate of drug-likeness (QED) is 0.847. The monoisotopic (exact) mass is 233 g/mol. The number of aromatic nitrogens is 2. The second-order valence-corrected chi connectivity index (χ2v) is 4.93. The van der Waals surface area contributed by atoms with Gasteiger partial charge in [-0.15, -0.1) is 0 Å². The zero-order valence-corrected chi connectivity index (χ0v) is 10.3. The van der Waals surface area contributed by atoms with E-state index in [1.54, 1.807) is 0 Å². The van der Waals surface area contributed by atoms with Crippen LogP contribution in [0.3, 0.4) is 0 Å². The summed E-state index contributed by atoms with van der Waals surface area (Å²) in [6.07, 6.45) is 5.62. The van der Waals surface area contributed by atoms with Gasteiger partial charge in [-0.1, -0.05) is 0 Å². The second kappa shape index (κ2) is 4.61. The fraction of sp³-hybridized carbons (Fsp3) is 0.692. The number of fused-ring (bicyclic) bond motifs is 1. The van der Waals surface area contributed by atoms with Crippen LogP contribution in [0.2, 0.25) is 0 Å². The molecule has 1 aromatic heterocycles. The van der Waals surface area contributed by atoms with Crippen molar-refractivity contribution < 1.29 is 4.74 Å². The Morgan fingerprint density at radius 3 is 2.82 bits per heavy atom. The second-order valence-electron chi connectivity index (χ2n) is 4.93. The fourth-order valence-electron chi connectivity index (χ4n) is 2.71. The molecule has 0 bridgehead atoms. The topological polar surface area (TPSA) is 47.0 Å². The van der Waals surface area contributed by atoms with Crippen molar-refractivity contribution in [2.75, 3.05) is 18.5 Å². The Kier molecular flexibility index (Phi) is 2.97. The van der Waals surface area contributed by atoms with Crippen LogP contribution in [0.1, 0.15) is 36.3 Å². The minimum atomic E-state index is 0.516. The van der Waals surface area contributed by atoms with Crippen LogP contribution in [0.15, 0.2) is 0 Å². The Morgan fingerprint density at radius 1 is 1.18 bits per heavy atom. The molecule has 92 valence electrons. The normalized spacial score (nSPS) is 20.3. The molecule has 4 heteroatoms. The van der Waals surface area contributed by atoms with Crippen molar-refractivity contribution in [2.45, 2.75) is 45.1 Å². The van der Waals surface area contributed by atoms with E-state index >= 15 is 0 Å². The summed E-state index contributed by atoms with van der Waals surface area (Å²) >= 11 is 0. The molecule has 2 aliphatic rings. The lowest BCUT2D eigenvalue weighted by Crippen LogP contribution is -2.29. The van der Waals surface area contributed by atoms with E-state index in [9.17, 15) is 0 Å². The molecule has 0 aromatic carbocycles. The molecular weight excluding hydrogens is 214 g/mol. The third-order valence-electron chi connectivity index (χ3n) is 3.61. The van der Waals surface area contributed by atoms with E-state index in [1.165, 1.54) is 17.7 Å². The molecule has 2 heterocycles. The van der Waals surface area contributed by atoms with Gasteiger partial charge in [-0.05, 0) is 39.0 Å². The highest BCUT2D eigenvalue weighted by Crippen LogP contribution is 2.27. The third-order valence-corrected chi connectivity index (χ3v) is 3.61. The Labute approximate surface area is 102 Å². The summed E-state index contributed by atoms with van der Waals surface area (Å²) in [6.45, 7) is 3.71. The molecule has 1 aliphatic heterocycles. The first kappa shape index (κ1) is 11.0. The number of nitrogens with zero attached hydrogens (tertiary/aromatic N) is 2. The molecule has 0 radical (unpaired) electrons. The molecule has 1 N–H and O–H groups in total. The van der Waals surface area contributed by atoms with Gasteiger partial charge in [0.25, 0.3) is 0 Å². The van der Waals surface area contributed by atoms with E-state index in [0.717, 1.165) is 50.5 Å². The van der Waals surface area contributed by atoms with Gasteiger partial charge in [0, 0.05) is 30.5 Å². The summed E-state index contributed by atoms with van der Waals surface area (Å²) in [6, 6.07) is 0.516. The first-order valence-corrected chi connectivity index (χ1v) is 6.53. The van der Waals surface area contributed by atoms with Crippen LogP contribution in [0.25, 0.3) is 0 Å². The Balaban J connectivity index is 1.82. The smallest absolute Gasteiger partial charge is 0.133 e. The molecule has 17 heavy (non-hydrogen) atoms. The van der Waals surface area contributed by atoms with Gasteiger partial charge in [-0.3, -0.25) is 0 Å². The summed E-state index contributed by atoms with van der Waals surface area (Å²) in [7, 11) is 0. The number of rotatable bonds is 2. The van der Waals surface area contributed by atoms with E-state index in [0.29, 0.717) is 6.04 Å². The van der Waals surface area contributed by atoms with Crippen molar-refractivity contribution in [3.63, 3.8) is 0 Å². The number of hydrogen-bond acceptors (Lipinski definition) is 4. The van der Waals surface area contributed by atoms with Crippen LogP contribution < -0.4 is 5.32 Å². The minimum absolute atomic E-state index is 0.516. The predicted molar refractivity (Wildman–Crippen MR) is 66.3 cm³/mol. The molecule has 1 saturated heterocycles. The first-order valence-electron chi connectivity index (χ1n) is 6.53. The van der Waals surface area contributed by atoms with Crippen LogP contribution in [-0.2, 0) is 17.6 Å². The maximum Gasteiger partial charge on any atom is 0.133 e. The minimum Gasteiger partial charge on any atom is -0.381 e. The first-order chi connectivity index (χ1) is 8.33. The standard InChI is InChI=1S/C13H19N3O/c1-9-14-12-4-2-3-11(12)13(15-9)16-10-5-7-17-8-6-10/h10H,2-8H2,1H3,(H,14,15,16). The number of nitrogens with one attached hydrogen (secondary N) is 1. The van der Waals surface area contributed by atoms with E-state index < -0.39 is 0 Å². The molecule has 0 spiro atoms. The lowest BCUT2D eigenvalue weighted by Gasteiger charge is -2.24. The molecular formula is C13H19N3O. The Morgan fingerprint density at radius 2 is 2.00 bits per heavy atom. The summed E-state index contributed by atoms with van der Waals surface area (Å²) in [5.41, 5.74) is 2.61. The van der Waals surface area contributed by atoms with Gasteiger partial charge in [0.05, 0.1) is 0 Å². The van der Waals surface area contributed by atoms with Crippen molar-refractivity contribution in [1.29, 1.82) is 0 Å². The average molecular weight is 233 g/mol.